The van der Waals surface area contributed by atoms with Crippen LogP contribution in [0.1, 0.15) is 37.6 Å². The van der Waals surface area contributed by atoms with Gasteiger partial charge in [-0.25, -0.2) is 9.78 Å². The molecule has 1 atom stereocenters. The smallest absolute Gasteiger partial charge is 0.341 e. The molecule has 5 heteroatoms. The maximum absolute atomic E-state index is 11.0. The molecule has 1 heterocycles. The summed E-state index contributed by atoms with van der Waals surface area (Å²) in [4.78, 5) is 14.9. The molecule has 1 aromatic heterocycles. The number of aromatic carboxylic acids is 1. The van der Waals surface area contributed by atoms with Gasteiger partial charge in [0.15, 0.2) is 0 Å². The van der Waals surface area contributed by atoms with Crippen molar-refractivity contribution in [1.29, 1.82) is 0 Å². The zero-order chi connectivity index (χ0) is 13.0. The third-order valence-corrected chi connectivity index (χ3v) is 2.38. The zero-order valence-electron chi connectivity index (χ0n) is 10.1. The van der Waals surface area contributed by atoms with Crippen molar-refractivity contribution in [2.75, 3.05) is 0 Å². The molecule has 4 nitrogen and oxygen atoms in total. The summed E-state index contributed by atoms with van der Waals surface area (Å²) in [6.07, 6.45) is 0.729. The topological polar surface area (TPSA) is 59.4 Å². The molecule has 0 bridgehead atoms. The standard InChI is InChI=1S/C12H16ClNO3/c1-7(2)6-8(3)17-11-9(12(15)16)4-5-10(13)14-11/h4-5,7-8H,6H2,1-3H3,(H,15,16). The molecule has 1 rings (SSSR count). The van der Waals surface area contributed by atoms with Crippen molar-refractivity contribution < 1.29 is 14.6 Å². The van der Waals surface area contributed by atoms with Gasteiger partial charge >= 0.3 is 5.97 Å². The van der Waals surface area contributed by atoms with Gasteiger partial charge in [-0.15, -0.1) is 0 Å². The van der Waals surface area contributed by atoms with Crippen molar-refractivity contribution in [1.82, 2.24) is 4.98 Å². The number of aromatic nitrogens is 1. The van der Waals surface area contributed by atoms with Gasteiger partial charge < -0.3 is 9.84 Å². The maximum Gasteiger partial charge on any atom is 0.341 e. The average molecular weight is 258 g/mol. The molecule has 0 aromatic carbocycles. The Balaban J connectivity index is 2.88. The fourth-order valence-electron chi connectivity index (χ4n) is 1.57. The second-order valence-corrected chi connectivity index (χ2v) is 4.74. The minimum Gasteiger partial charge on any atom is -0.477 e. The number of ether oxygens (including phenoxy) is 1. The monoisotopic (exact) mass is 257 g/mol. The Labute approximate surface area is 106 Å². The summed E-state index contributed by atoms with van der Waals surface area (Å²) in [5.41, 5.74) is 0.0324. The van der Waals surface area contributed by atoms with Crippen LogP contribution in [0.4, 0.5) is 0 Å². The van der Waals surface area contributed by atoms with Crippen LogP contribution < -0.4 is 4.74 Å². The molecule has 0 aliphatic rings. The molecule has 0 fully saturated rings. The highest BCUT2D eigenvalue weighted by molar-refractivity contribution is 6.29. The predicted molar refractivity (Wildman–Crippen MR) is 65.8 cm³/mol. The third kappa shape index (κ3) is 4.23. The Bertz CT molecular complexity index is 407. The Morgan fingerprint density at radius 3 is 2.65 bits per heavy atom. The first-order valence-electron chi connectivity index (χ1n) is 5.46. The van der Waals surface area contributed by atoms with E-state index in [2.05, 4.69) is 18.8 Å². The molecular formula is C12H16ClNO3. The molecule has 0 amide bonds. The van der Waals surface area contributed by atoms with Crippen molar-refractivity contribution in [2.45, 2.75) is 33.3 Å². The number of hydrogen-bond donors (Lipinski definition) is 1. The van der Waals surface area contributed by atoms with Gasteiger partial charge in [-0.05, 0) is 31.4 Å². The van der Waals surface area contributed by atoms with Gasteiger partial charge in [-0.3, -0.25) is 0 Å². The van der Waals surface area contributed by atoms with Gasteiger partial charge in [0.1, 0.15) is 10.7 Å². The van der Waals surface area contributed by atoms with Crippen LogP contribution in [0.25, 0.3) is 0 Å². The first-order chi connectivity index (χ1) is 7.90. The number of halogens is 1. The van der Waals surface area contributed by atoms with Crippen LogP contribution in [-0.4, -0.2) is 22.2 Å². The lowest BCUT2D eigenvalue weighted by molar-refractivity contribution is 0.0687. The van der Waals surface area contributed by atoms with E-state index in [0.29, 0.717) is 5.92 Å². The van der Waals surface area contributed by atoms with Crippen LogP contribution >= 0.6 is 11.6 Å². The van der Waals surface area contributed by atoms with Crippen molar-refractivity contribution in [3.63, 3.8) is 0 Å². The Kier molecular flexibility index (Phi) is 4.75. The van der Waals surface area contributed by atoms with Crippen LogP contribution in [0.15, 0.2) is 12.1 Å². The molecule has 0 radical (unpaired) electrons. The summed E-state index contributed by atoms with van der Waals surface area (Å²) < 4.78 is 5.52. The van der Waals surface area contributed by atoms with E-state index in [1.54, 1.807) is 0 Å². The predicted octanol–water partition coefficient (Wildman–Crippen LogP) is 3.25. The molecule has 0 saturated carbocycles. The number of hydrogen-bond acceptors (Lipinski definition) is 3. The van der Waals surface area contributed by atoms with Gasteiger partial charge in [0.2, 0.25) is 5.88 Å². The van der Waals surface area contributed by atoms with Crippen LogP contribution in [-0.2, 0) is 0 Å². The lowest BCUT2D eigenvalue weighted by atomic mass is 10.1. The molecule has 94 valence electrons. The number of rotatable bonds is 5. The van der Waals surface area contributed by atoms with E-state index < -0.39 is 5.97 Å². The van der Waals surface area contributed by atoms with E-state index >= 15 is 0 Å². The van der Waals surface area contributed by atoms with Gasteiger partial charge in [-0.1, -0.05) is 25.4 Å². The van der Waals surface area contributed by atoms with Crippen LogP contribution in [0, 0.1) is 5.92 Å². The maximum atomic E-state index is 11.0. The summed E-state index contributed by atoms with van der Waals surface area (Å²) in [7, 11) is 0. The third-order valence-electron chi connectivity index (χ3n) is 2.17. The lowest BCUT2D eigenvalue weighted by Crippen LogP contribution is -2.17. The minimum absolute atomic E-state index is 0.0324. The fourth-order valence-corrected chi connectivity index (χ4v) is 1.71. The average Bonchev–Trinajstić information content (AvgIpc) is 2.15. The van der Waals surface area contributed by atoms with Crippen LogP contribution in [0.5, 0.6) is 5.88 Å². The molecule has 1 unspecified atom stereocenters. The number of nitrogens with zero attached hydrogens (tertiary/aromatic N) is 1. The first kappa shape index (κ1) is 13.8. The van der Waals surface area contributed by atoms with Crippen molar-refractivity contribution >= 4 is 17.6 Å². The first-order valence-corrected chi connectivity index (χ1v) is 5.84. The quantitative estimate of drug-likeness (QED) is 0.823. The van der Waals surface area contributed by atoms with E-state index in [1.165, 1.54) is 12.1 Å². The van der Waals surface area contributed by atoms with Gasteiger partial charge in [0, 0.05) is 0 Å². The van der Waals surface area contributed by atoms with Crippen LogP contribution in [0.2, 0.25) is 5.15 Å². The largest absolute Gasteiger partial charge is 0.477 e. The summed E-state index contributed by atoms with van der Waals surface area (Å²) in [6.45, 7) is 6.03. The fraction of sp³-hybridized carbons (Fsp3) is 0.500. The van der Waals surface area contributed by atoms with E-state index in [9.17, 15) is 4.79 Å². The highest BCUT2D eigenvalue weighted by atomic mass is 35.5. The Morgan fingerprint density at radius 1 is 1.47 bits per heavy atom. The number of carboxylic acid groups (broad SMARTS) is 1. The Morgan fingerprint density at radius 2 is 2.12 bits per heavy atom. The highest BCUT2D eigenvalue weighted by Gasteiger charge is 2.16. The zero-order valence-corrected chi connectivity index (χ0v) is 10.9. The summed E-state index contributed by atoms with van der Waals surface area (Å²) >= 11 is 5.73. The van der Waals surface area contributed by atoms with Crippen molar-refractivity contribution in [3.8, 4) is 5.88 Å². The van der Waals surface area contributed by atoms with Gasteiger partial charge in [-0.2, -0.15) is 0 Å². The summed E-state index contributed by atoms with van der Waals surface area (Å²) in [5.74, 6) is -0.517. The van der Waals surface area contributed by atoms with Gasteiger partial charge in [0.05, 0.1) is 6.10 Å². The second kappa shape index (κ2) is 5.87. The van der Waals surface area contributed by atoms with Crippen molar-refractivity contribution in [2.24, 2.45) is 5.92 Å². The van der Waals surface area contributed by atoms with Crippen LogP contribution in [0.3, 0.4) is 0 Å². The van der Waals surface area contributed by atoms with E-state index in [4.69, 9.17) is 21.4 Å². The highest BCUT2D eigenvalue weighted by Crippen LogP contribution is 2.21. The molecule has 17 heavy (non-hydrogen) atoms. The molecule has 0 saturated heterocycles. The molecule has 0 aliphatic heterocycles. The lowest BCUT2D eigenvalue weighted by Gasteiger charge is -2.17. The second-order valence-electron chi connectivity index (χ2n) is 4.35. The number of pyridine rings is 1. The summed E-state index contributed by atoms with van der Waals surface area (Å²) in [5, 5.41) is 9.21. The van der Waals surface area contributed by atoms with E-state index in [0.717, 1.165) is 6.42 Å². The summed E-state index contributed by atoms with van der Waals surface area (Å²) in [6, 6.07) is 2.83. The van der Waals surface area contributed by atoms with E-state index in [-0.39, 0.29) is 22.7 Å². The minimum atomic E-state index is -1.07. The normalized spacial score (nSPS) is 12.5. The molecule has 1 aromatic rings. The SMILES string of the molecule is CC(C)CC(C)Oc1nc(Cl)ccc1C(=O)O. The Hall–Kier alpha value is -1.29. The van der Waals surface area contributed by atoms with E-state index in [1.807, 2.05) is 6.92 Å². The molecular weight excluding hydrogens is 242 g/mol. The van der Waals surface area contributed by atoms with Crippen molar-refractivity contribution in [3.05, 3.63) is 22.8 Å². The molecule has 1 N–H and O–H groups in total. The molecule has 0 aliphatic carbocycles. The number of carbonyl (C=O) groups is 1. The van der Waals surface area contributed by atoms with Gasteiger partial charge in [0.25, 0.3) is 0 Å². The number of carboxylic acids is 1. The molecule has 0 spiro atoms.